The van der Waals surface area contributed by atoms with Crippen LogP contribution in [0.1, 0.15) is 30.2 Å². The van der Waals surface area contributed by atoms with Crippen LogP contribution in [0, 0.1) is 12.8 Å². The Morgan fingerprint density at radius 3 is 2.75 bits per heavy atom. The van der Waals surface area contributed by atoms with Gasteiger partial charge in [-0.25, -0.2) is 4.98 Å². The average molecular weight is 242 g/mol. The molecule has 0 amide bonds. The largest absolute Gasteiger partial charge is 0.480 e. The van der Waals surface area contributed by atoms with Crippen molar-refractivity contribution in [3.8, 4) is 0 Å². The quantitative estimate of drug-likeness (QED) is 0.801. The summed E-state index contributed by atoms with van der Waals surface area (Å²) in [5.41, 5.74) is 0. The Morgan fingerprint density at radius 2 is 2.31 bits per heavy atom. The van der Waals surface area contributed by atoms with Crippen molar-refractivity contribution in [2.24, 2.45) is 5.92 Å². The van der Waals surface area contributed by atoms with Gasteiger partial charge in [0, 0.05) is 17.6 Å². The van der Waals surface area contributed by atoms with Gasteiger partial charge in [-0.2, -0.15) is 0 Å². The molecule has 0 aliphatic carbocycles. The Balaban J connectivity index is 2.46. The lowest BCUT2D eigenvalue weighted by molar-refractivity contribution is -0.139. The van der Waals surface area contributed by atoms with E-state index >= 15 is 0 Å². The fourth-order valence-corrected chi connectivity index (χ4v) is 2.20. The molecule has 0 aliphatic heterocycles. The van der Waals surface area contributed by atoms with Crippen molar-refractivity contribution in [3.05, 3.63) is 16.1 Å². The van der Waals surface area contributed by atoms with Crippen molar-refractivity contribution in [1.29, 1.82) is 0 Å². The Kier molecular flexibility index (Phi) is 4.89. The Bertz CT molecular complexity index is 350. The molecule has 5 heteroatoms. The molecule has 90 valence electrons. The maximum Gasteiger partial charge on any atom is 0.320 e. The number of aliphatic carboxylic acids is 1. The minimum atomic E-state index is -0.782. The summed E-state index contributed by atoms with van der Waals surface area (Å²) in [7, 11) is 0. The van der Waals surface area contributed by atoms with Gasteiger partial charge in [0.2, 0.25) is 0 Å². The van der Waals surface area contributed by atoms with E-state index in [9.17, 15) is 4.79 Å². The van der Waals surface area contributed by atoms with Crippen LogP contribution in [0.5, 0.6) is 0 Å². The van der Waals surface area contributed by atoms with E-state index in [-0.39, 0.29) is 0 Å². The van der Waals surface area contributed by atoms with Gasteiger partial charge >= 0.3 is 5.97 Å². The summed E-state index contributed by atoms with van der Waals surface area (Å²) < 4.78 is 0. The molecule has 1 heterocycles. The Morgan fingerprint density at radius 1 is 1.62 bits per heavy atom. The fraction of sp³-hybridized carbons (Fsp3) is 0.636. The van der Waals surface area contributed by atoms with Crippen molar-refractivity contribution in [2.75, 3.05) is 0 Å². The maximum atomic E-state index is 11.0. The number of rotatable bonds is 6. The van der Waals surface area contributed by atoms with E-state index in [2.05, 4.69) is 10.3 Å². The summed E-state index contributed by atoms with van der Waals surface area (Å²) >= 11 is 1.59. The highest BCUT2D eigenvalue weighted by atomic mass is 32.1. The topological polar surface area (TPSA) is 62.2 Å². The van der Waals surface area contributed by atoms with Crippen molar-refractivity contribution in [2.45, 2.75) is 39.8 Å². The van der Waals surface area contributed by atoms with Crippen LogP contribution in [0.2, 0.25) is 0 Å². The molecule has 1 atom stereocenters. The standard InChI is InChI=1S/C11H18N2O2S/c1-7(2)4-10(11(14)15)13-6-9-5-12-8(3)16-9/h5,7,10,13H,4,6H2,1-3H3,(H,14,15). The highest BCUT2D eigenvalue weighted by molar-refractivity contribution is 7.11. The predicted octanol–water partition coefficient (Wildman–Crippen LogP) is 2.04. The third-order valence-electron chi connectivity index (χ3n) is 2.20. The lowest BCUT2D eigenvalue weighted by atomic mass is 10.0. The zero-order valence-corrected chi connectivity index (χ0v) is 10.7. The molecule has 1 rings (SSSR count). The van der Waals surface area contributed by atoms with E-state index in [1.54, 1.807) is 17.5 Å². The van der Waals surface area contributed by atoms with Crippen LogP contribution >= 0.6 is 11.3 Å². The third kappa shape index (κ3) is 4.28. The first-order valence-electron chi connectivity index (χ1n) is 5.36. The molecule has 0 bridgehead atoms. The highest BCUT2D eigenvalue weighted by Crippen LogP contribution is 2.12. The third-order valence-corrected chi connectivity index (χ3v) is 3.11. The second-order valence-corrected chi connectivity index (χ2v) is 5.57. The molecule has 1 aromatic heterocycles. The minimum Gasteiger partial charge on any atom is -0.480 e. The van der Waals surface area contributed by atoms with E-state index in [0.717, 1.165) is 9.88 Å². The van der Waals surface area contributed by atoms with Crippen LogP contribution < -0.4 is 5.32 Å². The first-order chi connectivity index (χ1) is 7.49. The van der Waals surface area contributed by atoms with Gasteiger partial charge in [0.25, 0.3) is 0 Å². The highest BCUT2D eigenvalue weighted by Gasteiger charge is 2.18. The van der Waals surface area contributed by atoms with Gasteiger partial charge in [0.1, 0.15) is 6.04 Å². The zero-order valence-electron chi connectivity index (χ0n) is 9.86. The van der Waals surface area contributed by atoms with Crippen molar-refractivity contribution < 1.29 is 9.90 Å². The van der Waals surface area contributed by atoms with Gasteiger partial charge in [-0.15, -0.1) is 11.3 Å². The molecule has 1 unspecified atom stereocenters. The molecule has 1 aromatic rings. The van der Waals surface area contributed by atoms with Gasteiger partial charge in [-0.3, -0.25) is 10.1 Å². The Labute approximate surface area is 99.7 Å². The number of thiazole rings is 1. The Hall–Kier alpha value is -0.940. The number of nitrogens with one attached hydrogen (secondary N) is 1. The summed E-state index contributed by atoms with van der Waals surface area (Å²) in [4.78, 5) is 16.2. The van der Waals surface area contributed by atoms with Crippen LogP contribution in [0.4, 0.5) is 0 Å². The second kappa shape index (κ2) is 5.96. The molecule has 0 spiro atoms. The van der Waals surface area contributed by atoms with Crippen LogP contribution in [0.15, 0.2) is 6.20 Å². The number of carboxylic acid groups (broad SMARTS) is 1. The molecule has 2 N–H and O–H groups in total. The number of hydrogen-bond donors (Lipinski definition) is 2. The smallest absolute Gasteiger partial charge is 0.320 e. The van der Waals surface area contributed by atoms with E-state index in [1.165, 1.54) is 0 Å². The molecule has 0 saturated heterocycles. The van der Waals surface area contributed by atoms with E-state index in [1.807, 2.05) is 20.8 Å². The second-order valence-electron chi connectivity index (χ2n) is 4.25. The number of hydrogen-bond acceptors (Lipinski definition) is 4. The lowest BCUT2D eigenvalue weighted by Crippen LogP contribution is -2.37. The first-order valence-corrected chi connectivity index (χ1v) is 6.18. The van der Waals surface area contributed by atoms with Crippen LogP contribution in [0.3, 0.4) is 0 Å². The molecular formula is C11H18N2O2S. The monoisotopic (exact) mass is 242 g/mol. The molecule has 0 aliphatic rings. The SMILES string of the molecule is Cc1ncc(CNC(CC(C)C)C(=O)O)s1. The number of carboxylic acids is 1. The molecule has 0 radical (unpaired) electrons. The number of carbonyl (C=O) groups is 1. The van der Waals surface area contributed by atoms with Gasteiger partial charge in [0.15, 0.2) is 0 Å². The molecule has 16 heavy (non-hydrogen) atoms. The van der Waals surface area contributed by atoms with E-state index in [0.29, 0.717) is 18.9 Å². The summed E-state index contributed by atoms with van der Waals surface area (Å²) in [6.45, 7) is 6.56. The predicted molar refractivity (Wildman–Crippen MR) is 64.6 cm³/mol. The van der Waals surface area contributed by atoms with Gasteiger partial charge < -0.3 is 5.11 Å². The lowest BCUT2D eigenvalue weighted by Gasteiger charge is -2.15. The van der Waals surface area contributed by atoms with E-state index in [4.69, 9.17) is 5.11 Å². The first kappa shape index (κ1) is 13.1. The summed E-state index contributed by atoms with van der Waals surface area (Å²) in [6, 6.07) is -0.470. The number of aromatic nitrogens is 1. The van der Waals surface area contributed by atoms with Crippen LogP contribution in [-0.2, 0) is 11.3 Å². The van der Waals surface area contributed by atoms with Crippen molar-refractivity contribution >= 4 is 17.3 Å². The number of nitrogens with zero attached hydrogens (tertiary/aromatic N) is 1. The van der Waals surface area contributed by atoms with Crippen molar-refractivity contribution in [1.82, 2.24) is 10.3 Å². The molecule has 0 aromatic carbocycles. The zero-order chi connectivity index (χ0) is 12.1. The normalized spacial score (nSPS) is 13.0. The van der Waals surface area contributed by atoms with Crippen molar-refractivity contribution in [3.63, 3.8) is 0 Å². The summed E-state index contributed by atoms with van der Waals surface area (Å²) in [5, 5.41) is 13.1. The molecule has 4 nitrogen and oxygen atoms in total. The maximum absolute atomic E-state index is 11.0. The van der Waals surface area contributed by atoms with Crippen LogP contribution in [0.25, 0.3) is 0 Å². The molecular weight excluding hydrogens is 224 g/mol. The fourth-order valence-electron chi connectivity index (χ4n) is 1.45. The average Bonchev–Trinajstić information content (AvgIpc) is 2.58. The molecule has 0 fully saturated rings. The van der Waals surface area contributed by atoms with Gasteiger partial charge in [0.05, 0.1) is 5.01 Å². The summed E-state index contributed by atoms with van der Waals surface area (Å²) in [5.74, 6) is -0.410. The van der Waals surface area contributed by atoms with Crippen LogP contribution in [-0.4, -0.2) is 22.1 Å². The van der Waals surface area contributed by atoms with Gasteiger partial charge in [-0.1, -0.05) is 13.8 Å². The number of aryl methyl sites for hydroxylation is 1. The minimum absolute atomic E-state index is 0.372. The summed E-state index contributed by atoms with van der Waals surface area (Å²) in [6.07, 6.45) is 2.44. The molecule has 0 saturated carbocycles. The van der Waals surface area contributed by atoms with Gasteiger partial charge in [-0.05, 0) is 19.3 Å². The van der Waals surface area contributed by atoms with E-state index < -0.39 is 12.0 Å².